The molecule has 4 rings (SSSR count). The van der Waals surface area contributed by atoms with Gasteiger partial charge in [0, 0.05) is 5.56 Å². The summed E-state index contributed by atoms with van der Waals surface area (Å²) in [4.78, 5) is 0. The molecule has 0 N–H and O–H groups in total. The van der Waals surface area contributed by atoms with E-state index in [9.17, 15) is 17.6 Å². The Morgan fingerprint density at radius 2 is 1.16 bits per heavy atom. The third-order valence-corrected chi connectivity index (χ3v) is 5.45. The van der Waals surface area contributed by atoms with Gasteiger partial charge in [-0.25, -0.2) is 17.6 Å². The predicted molar refractivity (Wildman–Crippen MR) is 119 cm³/mol. The summed E-state index contributed by atoms with van der Waals surface area (Å²) in [6.45, 7) is 2.09. The van der Waals surface area contributed by atoms with Gasteiger partial charge in [0.15, 0.2) is 11.6 Å². The maximum Gasteiger partial charge on any atom is 0.159 e. The summed E-state index contributed by atoms with van der Waals surface area (Å²) in [7, 11) is 0. The van der Waals surface area contributed by atoms with Gasteiger partial charge in [-0.05, 0) is 83.1 Å². The summed E-state index contributed by atoms with van der Waals surface area (Å²) in [6.07, 6.45) is 2.16. The molecule has 0 unspecified atom stereocenters. The molecule has 0 aliphatic rings. The van der Waals surface area contributed by atoms with E-state index >= 15 is 0 Å². The molecule has 0 amide bonds. The molecule has 0 aromatic heterocycles. The van der Waals surface area contributed by atoms with Crippen molar-refractivity contribution in [1.29, 1.82) is 0 Å². The van der Waals surface area contributed by atoms with Crippen LogP contribution in [0.4, 0.5) is 17.6 Å². The molecule has 4 heteroatoms. The Morgan fingerprint density at radius 3 is 1.81 bits per heavy atom. The van der Waals surface area contributed by atoms with E-state index in [-0.39, 0.29) is 5.56 Å². The molecule has 0 aliphatic heterocycles. The van der Waals surface area contributed by atoms with E-state index < -0.39 is 23.3 Å². The largest absolute Gasteiger partial charge is 0.206 e. The summed E-state index contributed by atoms with van der Waals surface area (Å²) in [5.74, 6) is 1.91. The Hall–Kier alpha value is -3.58. The quantitative estimate of drug-likeness (QED) is 0.237. The minimum atomic E-state index is -0.961. The fourth-order valence-electron chi connectivity index (χ4n) is 3.57. The lowest BCUT2D eigenvalue weighted by atomic mass is 10.0. The summed E-state index contributed by atoms with van der Waals surface area (Å²) in [5.41, 5.74) is 3.05. The van der Waals surface area contributed by atoms with Crippen LogP contribution < -0.4 is 0 Å². The molecule has 0 saturated heterocycles. The van der Waals surface area contributed by atoms with Crippen molar-refractivity contribution in [2.75, 3.05) is 0 Å². The standard InChI is InChI=1S/C28H20F4/c1-2-18-3-5-19(6-4-18)7-8-21-14-25(29)24(26(30)15-21)12-10-20-9-11-22-16-27(31)28(32)17-23(22)13-20/h3-6,9,11,13-17H,2,7-8H2,1H3. The van der Waals surface area contributed by atoms with E-state index in [1.807, 2.05) is 12.1 Å². The van der Waals surface area contributed by atoms with Crippen LogP contribution in [0, 0.1) is 35.1 Å². The van der Waals surface area contributed by atoms with Crippen LogP contribution in [0.3, 0.4) is 0 Å². The van der Waals surface area contributed by atoms with Crippen LogP contribution in [0.15, 0.2) is 66.7 Å². The molecule has 0 radical (unpaired) electrons. The second-order valence-corrected chi connectivity index (χ2v) is 7.68. The predicted octanol–water partition coefficient (Wildman–Crippen LogP) is 7.14. The van der Waals surface area contributed by atoms with Crippen molar-refractivity contribution in [3.8, 4) is 11.8 Å². The van der Waals surface area contributed by atoms with Crippen LogP contribution in [-0.2, 0) is 19.3 Å². The monoisotopic (exact) mass is 432 g/mol. The van der Waals surface area contributed by atoms with Gasteiger partial charge in [0.25, 0.3) is 0 Å². The smallest absolute Gasteiger partial charge is 0.159 e. The van der Waals surface area contributed by atoms with Gasteiger partial charge < -0.3 is 0 Å². The van der Waals surface area contributed by atoms with Crippen molar-refractivity contribution in [2.45, 2.75) is 26.2 Å². The van der Waals surface area contributed by atoms with Crippen molar-refractivity contribution in [2.24, 2.45) is 0 Å². The van der Waals surface area contributed by atoms with Crippen LogP contribution in [0.5, 0.6) is 0 Å². The first kappa shape index (κ1) is 21.6. The fraction of sp³-hybridized carbons (Fsp3) is 0.143. The molecular weight excluding hydrogens is 412 g/mol. The second kappa shape index (κ2) is 9.28. The highest BCUT2D eigenvalue weighted by Crippen LogP contribution is 2.21. The summed E-state index contributed by atoms with van der Waals surface area (Å²) >= 11 is 0. The van der Waals surface area contributed by atoms with Crippen LogP contribution >= 0.6 is 0 Å². The molecule has 0 atom stereocenters. The number of rotatable bonds is 4. The van der Waals surface area contributed by atoms with Crippen LogP contribution in [0.2, 0.25) is 0 Å². The number of halogens is 4. The van der Waals surface area contributed by atoms with Gasteiger partial charge in [-0.2, -0.15) is 0 Å². The number of fused-ring (bicyclic) bond motifs is 1. The van der Waals surface area contributed by atoms with Crippen molar-refractivity contribution >= 4 is 10.8 Å². The Morgan fingerprint density at radius 1 is 0.562 bits per heavy atom. The Kier molecular flexibility index (Phi) is 6.28. The molecule has 0 aliphatic carbocycles. The van der Waals surface area contributed by atoms with Gasteiger partial charge in [0.2, 0.25) is 0 Å². The van der Waals surface area contributed by atoms with Gasteiger partial charge in [0.1, 0.15) is 11.6 Å². The molecule has 0 fully saturated rings. The Balaban J connectivity index is 1.53. The third-order valence-electron chi connectivity index (χ3n) is 5.45. The molecule has 0 bridgehead atoms. The molecule has 4 aromatic carbocycles. The first-order valence-corrected chi connectivity index (χ1v) is 10.4. The molecular formula is C28H20F4. The zero-order chi connectivity index (χ0) is 22.7. The lowest BCUT2D eigenvalue weighted by Crippen LogP contribution is -1.97. The summed E-state index contributed by atoms with van der Waals surface area (Å²) < 4.78 is 55.9. The fourth-order valence-corrected chi connectivity index (χ4v) is 3.57. The highest BCUT2D eigenvalue weighted by atomic mass is 19.2. The van der Waals surface area contributed by atoms with Gasteiger partial charge in [-0.1, -0.05) is 49.1 Å². The first-order valence-electron chi connectivity index (χ1n) is 10.4. The van der Waals surface area contributed by atoms with Crippen LogP contribution in [0.1, 0.15) is 34.7 Å². The number of benzene rings is 4. The van der Waals surface area contributed by atoms with Crippen molar-refractivity contribution < 1.29 is 17.6 Å². The van der Waals surface area contributed by atoms with Gasteiger partial charge in [-0.3, -0.25) is 0 Å². The molecule has 4 aromatic rings. The molecule has 160 valence electrons. The lowest BCUT2D eigenvalue weighted by Gasteiger charge is -2.06. The normalized spacial score (nSPS) is 10.8. The highest BCUT2D eigenvalue weighted by Gasteiger charge is 2.10. The molecule has 32 heavy (non-hydrogen) atoms. The molecule has 0 nitrogen and oxygen atoms in total. The van der Waals surface area contributed by atoms with E-state index in [0.717, 1.165) is 24.1 Å². The Labute approximate surface area is 184 Å². The zero-order valence-corrected chi connectivity index (χ0v) is 17.5. The maximum atomic E-state index is 14.6. The first-order chi connectivity index (χ1) is 15.4. The minimum absolute atomic E-state index is 0.313. The topological polar surface area (TPSA) is 0 Å². The van der Waals surface area contributed by atoms with E-state index in [2.05, 4.69) is 30.9 Å². The van der Waals surface area contributed by atoms with Crippen molar-refractivity contribution in [3.05, 3.63) is 118 Å². The number of aryl methyl sites for hydroxylation is 3. The van der Waals surface area contributed by atoms with Crippen LogP contribution in [0.25, 0.3) is 10.8 Å². The second-order valence-electron chi connectivity index (χ2n) is 7.68. The average Bonchev–Trinajstić information content (AvgIpc) is 2.78. The lowest BCUT2D eigenvalue weighted by molar-refractivity contribution is 0.511. The van der Waals surface area contributed by atoms with Gasteiger partial charge in [0.05, 0.1) is 5.56 Å². The molecule has 0 heterocycles. The van der Waals surface area contributed by atoms with Crippen molar-refractivity contribution in [1.82, 2.24) is 0 Å². The maximum absolute atomic E-state index is 14.6. The Bertz CT molecular complexity index is 1320. The number of hydrogen-bond donors (Lipinski definition) is 0. The van der Waals surface area contributed by atoms with E-state index in [1.165, 1.54) is 17.7 Å². The summed E-state index contributed by atoms with van der Waals surface area (Å²) in [5, 5.41) is 0.972. The minimum Gasteiger partial charge on any atom is -0.206 e. The van der Waals surface area contributed by atoms with Gasteiger partial charge >= 0.3 is 0 Å². The van der Waals surface area contributed by atoms with Crippen molar-refractivity contribution in [3.63, 3.8) is 0 Å². The SMILES string of the molecule is CCc1ccc(CCc2cc(F)c(C#Cc3ccc4cc(F)c(F)cc4c3)c(F)c2)cc1. The van der Waals surface area contributed by atoms with Crippen LogP contribution in [-0.4, -0.2) is 0 Å². The average molecular weight is 432 g/mol. The summed E-state index contributed by atoms with van der Waals surface area (Å²) in [6, 6.07) is 17.7. The van der Waals surface area contributed by atoms with E-state index in [0.29, 0.717) is 34.7 Å². The molecule has 0 saturated carbocycles. The number of hydrogen-bond acceptors (Lipinski definition) is 0. The van der Waals surface area contributed by atoms with E-state index in [1.54, 1.807) is 18.2 Å². The molecule has 0 spiro atoms. The highest BCUT2D eigenvalue weighted by molar-refractivity contribution is 5.84. The van der Waals surface area contributed by atoms with E-state index in [4.69, 9.17) is 0 Å². The zero-order valence-electron chi connectivity index (χ0n) is 17.5. The van der Waals surface area contributed by atoms with Gasteiger partial charge in [-0.15, -0.1) is 0 Å². The third kappa shape index (κ3) is 4.84.